The molecule has 1 amide bonds. The molecule has 9 heteroatoms. The van der Waals surface area contributed by atoms with E-state index in [0.717, 1.165) is 37.0 Å². The second kappa shape index (κ2) is 8.41. The Labute approximate surface area is 165 Å². The van der Waals surface area contributed by atoms with Crippen LogP contribution in [0.3, 0.4) is 0 Å². The second-order valence-electron chi connectivity index (χ2n) is 6.47. The summed E-state index contributed by atoms with van der Waals surface area (Å²) in [6.07, 6.45) is 6.55. The van der Waals surface area contributed by atoms with Gasteiger partial charge >= 0.3 is 0 Å². The molecule has 3 aromatic rings. The summed E-state index contributed by atoms with van der Waals surface area (Å²) >= 11 is 1.40. The Morgan fingerprint density at radius 1 is 1.21 bits per heavy atom. The number of hydrogen-bond donors (Lipinski definition) is 2. The Hall–Kier alpha value is -2.91. The van der Waals surface area contributed by atoms with Crippen molar-refractivity contribution in [3.63, 3.8) is 0 Å². The number of aromatic nitrogens is 3. The third kappa shape index (κ3) is 4.49. The lowest BCUT2D eigenvalue weighted by Crippen LogP contribution is -2.33. The quantitative estimate of drug-likeness (QED) is 0.660. The van der Waals surface area contributed by atoms with Crippen LogP contribution >= 0.6 is 11.3 Å². The van der Waals surface area contributed by atoms with Crippen LogP contribution in [-0.2, 0) is 4.79 Å². The Kier molecular flexibility index (Phi) is 5.54. The number of anilines is 3. The van der Waals surface area contributed by atoms with Gasteiger partial charge in [0.05, 0.1) is 36.4 Å². The largest absolute Gasteiger partial charge is 0.339 e. The first-order chi connectivity index (χ1) is 13.7. The lowest BCUT2D eigenvalue weighted by Gasteiger charge is -2.23. The highest BCUT2D eigenvalue weighted by molar-refractivity contribution is 7.13. The minimum Gasteiger partial charge on any atom is -0.339 e. The smallest absolute Gasteiger partial charge is 0.240 e. The zero-order valence-electron chi connectivity index (χ0n) is 15.0. The number of nitrogens with zero attached hydrogens (tertiary/aromatic N) is 4. The van der Waals surface area contributed by atoms with Crippen molar-refractivity contribution in [1.29, 1.82) is 0 Å². The van der Waals surface area contributed by atoms with Crippen LogP contribution in [0, 0.1) is 5.82 Å². The highest BCUT2D eigenvalue weighted by atomic mass is 32.1. The lowest BCUT2D eigenvalue weighted by molar-refractivity contribution is -0.117. The summed E-state index contributed by atoms with van der Waals surface area (Å²) in [6, 6.07) is 6.90. The van der Waals surface area contributed by atoms with E-state index < -0.39 is 0 Å². The molecule has 3 aromatic heterocycles. The lowest BCUT2D eigenvalue weighted by atomic mass is 10.1. The third-order valence-electron chi connectivity index (χ3n) is 4.52. The minimum absolute atomic E-state index is 0.0671. The SMILES string of the molecule is O=C(CN1CCC[C@@H]1c1ccc(Nc2ccc(F)cn2)cn1)Nc1nccs1. The minimum atomic E-state index is -0.376. The molecule has 2 N–H and O–H groups in total. The van der Waals surface area contributed by atoms with E-state index in [1.807, 2.05) is 17.5 Å². The first-order valence-electron chi connectivity index (χ1n) is 8.95. The summed E-state index contributed by atoms with van der Waals surface area (Å²) < 4.78 is 12.9. The van der Waals surface area contributed by atoms with E-state index in [-0.39, 0.29) is 17.8 Å². The standard InChI is InChI=1S/C19H19FN6OS/c20-13-3-6-17(23-10-13)24-14-4-5-15(22-11-14)16-2-1-8-26(16)12-18(27)25-19-21-7-9-28-19/h3-7,9-11,16H,1-2,8,12H2,(H,23,24)(H,21,25,27)/t16-/m1/s1. The molecule has 4 rings (SSSR count). The van der Waals surface area contributed by atoms with Crippen molar-refractivity contribution in [1.82, 2.24) is 19.9 Å². The van der Waals surface area contributed by atoms with Crippen molar-refractivity contribution in [2.24, 2.45) is 0 Å². The molecule has 0 aromatic carbocycles. The van der Waals surface area contributed by atoms with Gasteiger partial charge in [0.1, 0.15) is 11.6 Å². The molecule has 144 valence electrons. The van der Waals surface area contributed by atoms with Gasteiger partial charge < -0.3 is 10.6 Å². The van der Waals surface area contributed by atoms with E-state index in [1.165, 1.54) is 17.4 Å². The van der Waals surface area contributed by atoms with Crippen LogP contribution in [0.1, 0.15) is 24.6 Å². The maximum atomic E-state index is 12.9. The Bertz CT molecular complexity index is 917. The van der Waals surface area contributed by atoms with Gasteiger partial charge in [-0.05, 0) is 43.7 Å². The summed E-state index contributed by atoms with van der Waals surface area (Å²) in [5.41, 5.74) is 1.70. The van der Waals surface area contributed by atoms with Crippen molar-refractivity contribution in [2.75, 3.05) is 23.7 Å². The summed E-state index contributed by atoms with van der Waals surface area (Å²) in [5, 5.41) is 8.36. The first-order valence-corrected chi connectivity index (χ1v) is 9.83. The predicted octanol–water partition coefficient (Wildman–Crippen LogP) is 3.59. The van der Waals surface area contributed by atoms with Crippen LogP contribution < -0.4 is 10.6 Å². The number of halogens is 1. The normalized spacial score (nSPS) is 16.8. The maximum Gasteiger partial charge on any atom is 0.240 e. The van der Waals surface area contributed by atoms with Crippen LogP contribution in [0.5, 0.6) is 0 Å². The third-order valence-corrected chi connectivity index (χ3v) is 5.21. The second-order valence-corrected chi connectivity index (χ2v) is 7.37. The molecular weight excluding hydrogens is 379 g/mol. The molecule has 0 aliphatic carbocycles. The van der Waals surface area contributed by atoms with Crippen LogP contribution in [0.25, 0.3) is 0 Å². The average Bonchev–Trinajstić information content (AvgIpc) is 3.36. The highest BCUT2D eigenvalue weighted by Gasteiger charge is 2.28. The van der Waals surface area contributed by atoms with Crippen LogP contribution in [0.2, 0.25) is 0 Å². The molecule has 1 aliphatic rings. The Morgan fingerprint density at radius 2 is 2.14 bits per heavy atom. The molecule has 0 radical (unpaired) electrons. The van der Waals surface area contributed by atoms with E-state index in [2.05, 4.69) is 30.5 Å². The number of carbonyl (C=O) groups is 1. The summed E-state index contributed by atoms with van der Waals surface area (Å²) in [4.78, 5) is 27.0. The average molecular weight is 398 g/mol. The fourth-order valence-electron chi connectivity index (χ4n) is 3.25. The van der Waals surface area contributed by atoms with Gasteiger partial charge in [0.2, 0.25) is 5.91 Å². The van der Waals surface area contributed by atoms with E-state index in [4.69, 9.17) is 0 Å². The zero-order chi connectivity index (χ0) is 19.3. The molecular formula is C19H19FN6OS. The van der Waals surface area contributed by atoms with Crippen LogP contribution in [0.4, 0.5) is 21.0 Å². The Morgan fingerprint density at radius 3 is 2.86 bits per heavy atom. The van der Waals surface area contributed by atoms with Gasteiger partial charge in [-0.2, -0.15) is 0 Å². The molecule has 0 unspecified atom stereocenters. The number of nitrogens with one attached hydrogen (secondary N) is 2. The molecule has 0 spiro atoms. The number of rotatable bonds is 6. The van der Waals surface area contributed by atoms with Gasteiger partial charge in [0.15, 0.2) is 5.13 Å². The molecule has 0 saturated carbocycles. The van der Waals surface area contributed by atoms with E-state index in [1.54, 1.807) is 18.5 Å². The van der Waals surface area contributed by atoms with E-state index in [0.29, 0.717) is 17.5 Å². The van der Waals surface area contributed by atoms with Gasteiger partial charge in [-0.25, -0.2) is 14.4 Å². The van der Waals surface area contributed by atoms with Gasteiger partial charge in [0, 0.05) is 11.6 Å². The molecule has 1 atom stereocenters. The molecule has 1 fully saturated rings. The molecule has 28 heavy (non-hydrogen) atoms. The molecule has 1 saturated heterocycles. The van der Waals surface area contributed by atoms with Crippen molar-refractivity contribution >= 4 is 33.9 Å². The summed E-state index contributed by atoms with van der Waals surface area (Å²) in [5.74, 6) is 0.110. The van der Waals surface area contributed by atoms with Gasteiger partial charge in [-0.1, -0.05) is 0 Å². The van der Waals surface area contributed by atoms with Crippen LogP contribution in [-0.4, -0.2) is 38.8 Å². The van der Waals surface area contributed by atoms with Crippen molar-refractivity contribution < 1.29 is 9.18 Å². The van der Waals surface area contributed by atoms with Crippen molar-refractivity contribution in [2.45, 2.75) is 18.9 Å². The fourth-order valence-corrected chi connectivity index (χ4v) is 3.80. The van der Waals surface area contributed by atoms with E-state index in [9.17, 15) is 9.18 Å². The Balaban J connectivity index is 1.38. The highest BCUT2D eigenvalue weighted by Crippen LogP contribution is 2.31. The summed E-state index contributed by atoms with van der Waals surface area (Å²) in [7, 11) is 0. The van der Waals surface area contributed by atoms with E-state index >= 15 is 0 Å². The number of thiazole rings is 1. The fraction of sp³-hybridized carbons (Fsp3) is 0.263. The molecule has 4 heterocycles. The summed E-state index contributed by atoms with van der Waals surface area (Å²) in [6.45, 7) is 1.17. The predicted molar refractivity (Wildman–Crippen MR) is 106 cm³/mol. The number of likely N-dealkylation sites (tertiary alicyclic amines) is 1. The molecule has 7 nitrogen and oxygen atoms in total. The number of amides is 1. The van der Waals surface area contributed by atoms with Gasteiger partial charge in [0.25, 0.3) is 0 Å². The van der Waals surface area contributed by atoms with Crippen LogP contribution in [0.15, 0.2) is 48.2 Å². The van der Waals surface area contributed by atoms with Gasteiger partial charge in [-0.15, -0.1) is 11.3 Å². The number of pyridine rings is 2. The zero-order valence-corrected chi connectivity index (χ0v) is 15.8. The van der Waals surface area contributed by atoms with Crippen molar-refractivity contribution in [3.05, 3.63) is 59.7 Å². The molecule has 1 aliphatic heterocycles. The van der Waals surface area contributed by atoms with Gasteiger partial charge in [-0.3, -0.25) is 14.7 Å². The topological polar surface area (TPSA) is 83.0 Å². The maximum absolute atomic E-state index is 12.9. The molecule has 0 bridgehead atoms. The first kappa shape index (κ1) is 18.5. The van der Waals surface area contributed by atoms with Crippen molar-refractivity contribution in [3.8, 4) is 0 Å². The number of carbonyl (C=O) groups excluding carboxylic acids is 1. The monoisotopic (exact) mass is 398 g/mol. The number of hydrogen-bond acceptors (Lipinski definition) is 7.